The predicted molar refractivity (Wildman–Crippen MR) is 83.0 cm³/mol. The molecule has 0 N–H and O–H groups in total. The molecule has 0 saturated heterocycles. The van der Waals surface area contributed by atoms with Gasteiger partial charge in [-0.3, -0.25) is 4.79 Å². The summed E-state index contributed by atoms with van der Waals surface area (Å²) < 4.78 is 10.2. The molecule has 0 unspecified atom stereocenters. The second kappa shape index (κ2) is 6.50. The van der Waals surface area contributed by atoms with Crippen molar-refractivity contribution in [2.45, 2.75) is 24.8 Å². The number of carbonyl (C=O) groups is 1. The third-order valence-electron chi connectivity index (χ3n) is 3.39. The van der Waals surface area contributed by atoms with Gasteiger partial charge in [0.15, 0.2) is 5.82 Å². The summed E-state index contributed by atoms with van der Waals surface area (Å²) in [7, 11) is 1.63. The number of nitrogens with zero attached hydrogens (tertiary/aromatic N) is 3. The summed E-state index contributed by atoms with van der Waals surface area (Å²) in [5.41, 5.74) is 2.09. The number of aromatic nitrogens is 2. The Morgan fingerprint density at radius 3 is 3.14 bits per heavy atom. The molecule has 6 nitrogen and oxygen atoms in total. The number of rotatable bonds is 5. The normalized spacial score (nSPS) is 14.3. The van der Waals surface area contributed by atoms with Crippen molar-refractivity contribution in [2.24, 2.45) is 0 Å². The molecule has 1 aromatic heterocycles. The maximum atomic E-state index is 12.2. The number of aryl methyl sites for hydroxylation is 1. The fraction of sp³-hybridized carbons (Fsp3) is 0.400. The predicted octanol–water partition coefficient (Wildman–Crippen LogP) is 2.21. The average molecular weight is 319 g/mol. The number of fused-ring (bicyclic) bond motifs is 1. The Morgan fingerprint density at radius 1 is 1.45 bits per heavy atom. The van der Waals surface area contributed by atoms with E-state index in [4.69, 9.17) is 9.26 Å². The second-order valence-corrected chi connectivity index (χ2v) is 6.10. The van der Waals surface area contributed by atoms with Gasteiger partial charge in [-0.05, 0) is 24.6 Å². The molecule has 0 bridgehead atoms. The summed E-state index contributed by atoms with van der Waals surface area (Å²) >= 11 is 1.57. The van der Waals surface area contributed by atoms with E-state index < -0.39 is 0 Å². The largest absolute Gasteiger partial charge is 0.384 e. The van der Waals surface area contributed by atoms with Gasteiger partial charge in [-0.25, -0.2) is 0 Å². The Morgan fingerprint density at radius 2 is 2.32 bits per heavy atom. The minimum absolute atomic E-state index is 0.0537. The van der Waals surface area contributed by atoms with Crippen molar-refractivity contribution in [3.05, 3.63) is 35.5 Å². The van der Waals surface area contributed by atoms with Crippen molar-refractivity contribution in [1.82, 2.24) is 10.1 Å². The first-order valence-electron chi connectivity index (χ1n) is 7.01. The fourth-order valence-electron chi connectivity index (χ4n) is 2.27. The van der Waals surface area contributed by atoms with Crippen LogP contribution in [0.15, 0.2) is 27.6 Å². The summed E-state index contributed by atoms with van der Waals surface area (Å²) in [6, 6.07) is 6.07. The molecule has 0 spiro atoms. The van der Waals surface area contributed by atoms with Crippen molar-refractivity contribution >= 4 is 23.4 Å². The number of anilines is 1. The summed E-state index contributed by atoms with van der Waals surface area (Å²) in [6.07, 6.45) is 0.597. The smallest absolute Gasteiger partial charge is 0.246 e. The summed E-state index contributed by atoms with van der Waals surface area (Å²) in [4.78, 5) is 19.3. The van der Waals surface area contributed by atoms with E-state index in [0.717, 1.165) is 10.6 Å². The Balaban J connectivity index is 1.80. The van der Waals surface area contributed by atoms with Gasteiger partial charge in [0.2, 0.25) is 11.8 Å². The van der Waals surface area contributed by atoms with Gasteiger partial charge in [-0.1, -0.05) is 11.2 Å². The van der Waals surface area contributed by atoms with Gasteiger partial charge < -0.3 is 14.2 Å². The lowest BCUT2D eigenvalue weighted by molar-refractivity contribution is -0.116. The van der Waals surface area contributed by atoms with Crippen LogP contribution in [0.25, 0.3) is 0 Å². The van der Waals surface area contributed by atoms with E-state index in [1.807, 2.05) is 19.1 Å². The van der Waals surface area contributed by atoms with Gasteiger partial charge in [0, 0.05) is 18.4 Å². The molecule has 116 valence electrons. The standard InChI is InChI=1S/C15H17N3O3S/c1-10-3-4-11-12(7-10)22-9-15(19)18(11)8-14-16-13(17-21-14)5-6-20-2/h3-4,7H,5-6,8-9H2,1-2H3. The van der Waals surface area contributed by atoms with Crippen LogP contribution >= 0.6 is 11.8 Å². The molecule has 0 fully saturated rings. The van der Waals surface area contributed by atoms with E-state index in [1.165, 1.54) is 5.56 Å². The maximum absolute atomic E-state index is 12.2. The number of hydrogen-bond donors (Lipinski definition) is 0. The number of hydrogen-bond acceptors (Lipinski definition) is 6. The van der Waals surface area contributed by atoms with E-state index in [-0.39, 0.29) is 5.91 Å². The lowest BCUT2D eigenvalue weighted by Gasteiger charge is -2.27. The highest BCUT2D eigenvalue weighted by Crippen LogP contribution is 2.36. The molecule has 0 atom stereocenters. The molecular formula is C15H17N3O3S. The highest BCUT2D eigenvalue weighted by atomic mass is 32.2. The van der Waals surface area contributed by atoms with Gasteiger partial charge in [-0.15, -0.1) is 11.8 Å². The Labute approximate surface area is 132 Å². The summed E-state index contributed by atoms with van der Waals surface area (Å²) in [5.74, 6) is 1.52. The first-order chi connectivity index (χ1) is 10.7. The molecule has 22 heavy (non-hydrogen) atoms. The number of carbonyl (C=O) groups excluding carboxylic acids is 1. The van der Waals surface area contributed by atoms with Gasteiger partial charge in [-0.2, -0.15) is 4.98 Å². The van der Waals surface area contributed by atoms with Crippen molar-refractivity contribution in [2.75, 3.05) is 24.4 Å². The summed E-state index contributed by atoms with van der Waals surface area (Å²) in [6.45, 7) is 2.89. The molecule has 1 aromatic carbocycles. The zero-order chi connectivity index (χ0) is 15.5. The zero-order valence-electron chi connectivity index (χ0n) is 12.5. The van der Waals surface area contributed by atoms with Crippen molar-refractivity contribution < 1.29 is 14.1 Å². The molecule has 0 radical (unpaired) electrons. The number of amides is 1. The van der Waals surface area contributed by atoms with E-state index >= 15 is 0 Å². The van der Waals surface area contributed by atoms with Gasteiger partial charge in [0.25, 0.3) is 0 Å². The number of methoxy groups -OCH3 is 1. The van der Waals surface area contributed by atoms with E-state index in [9.17, 15) is 4.79 Å². The molecular weight excluding hydrogens is 302 g/mol. The Kier molecular flexibility index (Phi) is 4.44. The highest BCUT2D eigenvalue weighted by Gasteiger charge is 2.26. The molecule has 2 aromatic rings. The van der Waals surface area contributed by atoms with Crippen LogP contribution in [0.1, 0.15) is 17.3 Å². The lowest BCUT2D eigenvalue weighted by Crippen LogP contribution is -2.34. The monoisotopic (exact) mass is 319 g/mol. The molecule has 1 aliphatic rings. The van der Waals surface area contributed by atoms with E-state index in [1.54, 1.807) is 23.8 Å². The van der Waals surface area contributed by atoms with Crippen LogP contribution in [-0.4, -0.2) is 35.5 Å². The third-order valence-corrected chi connectivity index (χ3v) is 4.42. The van der Waals surface area contributed by atoms with Crippen LogP contribution in [0.2, 0.25) is 0 Å². The minimum atomic E-state index is 0.0537. The van der Waals surface area contributed by atoms with Gasteiger partial charge in [0.05, 0.1) is 18.0 Å². The average Bonchev–Trinajstić information content (AvgIpc) is 2.95. The van der Waals surface area contributed by atoms with Crippen LogP contribution < -0.4 is 4.90 Å². The molecule has 1 amide bonds. The van der Waals surface area contributed by atoms with Gasteiger partial charge in [0.1, 0.15) is 6.54 Å². The molecule has 0 aliphatic carbocycles. The van der Waals surface area contributed by atoms with Gasteiger partial charge >= 0.3 is 0 Å². The molecule has 1 aliphatic heterocycles. The van der Waals surface area contributed by atoms with Crippen molar-refractivity contribution in [3.63, 3.8) is 0 Å². The highest BCUT2D eigenvalue weighted by molar-refractivity contribution is 8.00. The fourth-order valence-corrected chi connectivity index (χ4v) is 3.30. The number of benzene rings is 1. The zero-order valence-corrected chi connectivity index (χ0v) is 13.4. The lowest BCUT2D eigenvalue weighted by atomic mass is 10.2. The van der Waals surface area contributed by atoms with Crippen LogP contribution in [0.3, 0.4) is 0 Å². The topological polar surface area (TPSA) is 68.5 Å². The van der Waals surface area contributed by atoms with Crippen molar-refractivity contribution in [3.8, 4) is 0 Å². The molecule has 0 saturated carbocycles. The van der Waals surface area contributed by atoms with Crippen molar-refractivity contribution in [1.29, 1.82) is 0 Å². The SMILES string of the molecule is COCCc1noc(CN2C(=O)CSc3cc(C)ccc32)n1. The number of thioether (sulfide) groups is 1. The second-order valence-electron chi connectivity index (χ2n) is 5.09. The Hall–Kier alpha value is -1.86. The first-order valence-corrected chi connectivity index (χ1v) is 8.00. The van der Waals surface area contributed by atoms with E-state index in [0.29, 0.717) is 37.0 Å². The van der Waals surface area contributed by atoms with Crippen LogP contribution in [-0.2, 0) is 22.5 Å². The maximum Gasteiger partial charge on any atom is 0.246 e. The first kappa shape index (κ1) is 15.1. The Bertz CT molecular complexity index is 686. The van der Waals surface area contributed by atoms with Crippen LogP contribution in [0.4, 0.5) is 5.69 Å². The third kappa shape index (κ3) is 3.15. The van der Waals surface area contributed by atoms with Crippen LogP contribution in [0.5, 0.6) is 0 Å². The molecule has 2 heterocycles. The quantitative estimate of drug-likeness (QED) is 0.841. The molecule has 7 heteroatoms. The summed E-state index contributed by atoms with van der Waals surface area (Å²) in [5, 5.41) is 3.91. The van der Waals surface area contributed by atoms with E-state index in [2.05, 4.69) is 16.2 Å². The molecule has 3 rings (SSSR count). The minimum Gasteiger partial charge on any atom is -0.384 e. The van der Waals surface area contributed by atoms with Crippen LogP contribution in [0, 0.1) is 6.92 Å². The number of ether oxygens (including phenoxy) is 1.